The molecule has 0 spiro atoms. The van der Waals surface area contributed by atoms with E-state index in [-0.39, 0.29) is 17.1 Å². The van der Waals surface area contributed by atoms with E-state index in [1.54, 1.807) is 20.8 Å². The van der Waals surface area contributed by atoms with Gasteiger partial charge in [-0.05, 0) is 45.7 Å². The van der Waals surface area contributed by atoms with Crippen LogP contribution in [-0.4, -0.2) is 43.5 Å². The number of piperidine rings is 1. The van der Waals surface area contributed by atoms with Crippen LogP contribution in [0.15, 0.2) is 18.2 Å². The largest absolute Gasteiger partial charge is 0.444 e. The van der Waals surface area contributed by atoms with E-state index in [0.29, 0.717) is 19.4 Å². The summed E-state index contributed by atoms with van der Waals surface area (Å²) in [5.41, 5.74) is -0.673. The van der Waals surface area contributed by atoms with Gasteiger partial charge in [-0.15, -0.1) is 0 Å². The Morgan fingerprint density at radius 3 is 2.70 bits per heavy atom. The first-order valence-corrected chi connectivity index (χ1v) is 10.9. The van der Waals surface area contributed by atoms with Crippen LogP contribution in [0.1, 0.15) is 45.6 Å². The van der Waals surface area contributed by atoms with E-state index in [1.807, 2.05) is 0 Å². The Morgan fingerprint density at radius 2 is 2.07 bits per heavy atom. The molecule has 0 saturated carbocycles. The standard InChI is InChI=1S/C18H26ClFN2O4S/c1-18(2,3)26-17(23)21-11-13-7-4-5-10-22(13)27(24,25)12-14-15(19)8-6-9-16(14)20/h6,8-9,13H,4-5,7,10-12H2,1-3H3,(H,21,23)/t13-/m1/s1. The number of amides is 1. The molecule has 1 aliphatic heterocycles. The summed E-state index contributed by atoms with van der Waals surface area (Å²) in [6.45, 7) is 5.72. The van der Waals surface area contributed by atoms with Crippen LogP contribution < -0.4 is 5.32 Å². The number of sulfonamides is 1. The molecular formula is C18H26ClFN2O4S. The molecule has 0 radical (unpaired) electrons. The molecule has 152 valence electrons. The van der Waals surface area contributed by atoms with Gasteiger partial charge in [-0.25, -0.2) is 17.6 Å². The van der Waals surface area contributed by atoms with E-state index in [2.05, 4.69) is 5.32 Å². The number of hydrogen-bond donors (Lipinski definition) is 1. The average Bonchev–Trinajstić information content (AvgIpc) is 2.55. The maximum Gasteiger partial charge on any atom is 0.407 e. The fourth-order valence-electron chi connectivity index (χ4n) is 3.00. The third kappa shape index (κ3) is 6.33. The van der Waals surface area contributed by atoms with Crippen molar-refractivity contribution in [2.75, 3.05) is 13.1 Å². The lowest BCUT2D eigenvalue weighted by atomic mass is 10.1. The van der Waals surface area contributed by atoms with Crippen molar-refractivity contribution in [1.82, 2.24) is 9.62 Å². The van der Waals surface area contributed by atoms with Gasteiger partial charge in [-0.1, -0.05) is 24.1 Å². The third-order valence-corrected chi connectivity index (χ3v) is 6.40. The summed E-state index contributed by atoms with van der Waals surface area (Å²) in [5, 5.41) is 2.71. The lowest BCUT2D eigenvalue weighted by Gasteiger charge is -2.35. The Hall–Kier alpha value is -1.38. The molecule has 1 saturated heterocycles. The van der Waals surface area contributed by atoms with Crippen LogP contribution in [0, 0.1) is 5.82 Å². The van der Waals surface area contributed by atoms with Crippen molar-refractivity contribution >= 4 is 27.7 Å². The fraction of sp³-hybridized carbons (Fsp3) is 0.611. The van der Waals surface area contributed by atoms with E-state index < -0.39 is 39.3 Å². The third-order valence-electron chi connectivity index (χ3n) is 4.20. The van der Waals surface area contributed by atoms with Crippen molar-refractivity contribution in [3.63, 3.8) is 0 Å². The van der Waals surface area contributed by atoms with Gasteiger partial charge in [0.15, 0.2) is 0 Å². The normalized spacial score (nSPS) is 18.9. The van der Waals surface area contributed by atoms with Crippen molar-refractivity contribution in [1.29, 1.82) is 0 Å². The Morgan fingerprint density at radius 1 is 1.37 bits per heavy atom. The first-order chi connectivity index (χ1) is 12.5. The molecule has 1 aliphatic rings. The maximum atomic E-state index is 14.0. The van der Waals surface area contributed by atoms with Crippen molar-refractivity contribution in [3.8, 4) is 0 Å². The zero-order valence-corrected chi connectivity index (χ0v) is 17.4. The zero-order chi connectivity index (χ0) is 20.2. The van der Waals surface area contributed by atoms with Gasteiger partial charge in [-0.3, -0.25) is 0 Å². The molecule has 0 aliphatic carbocycles. The Bertz CT molecular complexity index is 760. The first-order valence-electron chi connectivity index (χ1n) is 8.89. The number of nitrogens with one attached hydrogen (secondary N) is 1. The average molecular weight is 421 g/mol. The summed E-state index contributed by atoms with van der Waals surface area (Å²) in [4.78, 5) is 11.9. The fourth-order valence-corrected chi connectivity index (χ4v) is 5.17. The SMILES string of the molecule is CC(C)(C)OC(=O)NC[C@H]1CCCCN1S(=O)(=O)Cc1c(F)cccc1Cl. The first kappa shape index (κ1) is 21.9. The lowest BCUT2D eigenvalue weighted by molar-refractivity contribution is 0.0512. The highest BCUT2D eigenvalue weighted by Gasteiger charge is 2.33. The highest BCUT2D eigenvalue weighted by atomic mass is 35.5. The van der Waals surface area contributed by atoms with Gasteiger partial charge in [0, 0.05) is 29.7 Å². The number of halogens is 2. The molecule has 9 heteroatoms. The molecule has 6 nitrogen and oxygen atoms in total. The Kier molecular flexibility index (Phi) is 7.10. The van der Waals surface area contributed by atoms with Crippen LogP contribution in [0.2, 0.25) is 5.02 Å². The number of rotatable bonds is 5. The molecule has 0 unspecified atom stereocenters. The summed E-state index contributed by atoms with van der Waals surface area (Å²) in [7, 11) is -3.80. The highest BCUT2D eigenvalue weighted by Crippen LogP contribution is 2.26. The lowest BCUT2D eigenvalue weighted by Crippen LogP contribution is -2.50. The van der Waals surface area contributed by atoms with Gasteiger partial charge < -0.3 is 10.1 Å². The molecule has 1 aromatic rings. The van der Waals surface area contributed by atoms with Crippen LogP contribution >= 0.6 is 11.6 Å². The molecule has 27 heavy (non-hydrogen) atoms. The van der Waals surface area contributed by atoms with Gasteiger partial charge in [0.1, 0.15) is 11.4 Å². The van der Waals surface area contributed by atoms with Gasteiger partial charge in [0.25, 0.3) is 0 Å². The Balaban J connectivity index is 2.10. The monoisotopic (exact) mass is 420 g/mol. The van der Waals surface area contributed by atoms with Crippen molar-refractivity contribution in [2.45, 2.75) is 57.4 Å². The second kappa shape index (κ2) is 8.75. The predicted molar refractivity (Wildman–Crippen MR) is 103 cm³/mol. The summed E-state index contributed by atoms with van der Waals surface area (Å²) in [6.07, 6.45) is 1.59. The second-order valence-corrected chi connectivity index (χ2v) is 9.93. The topological polar surface area (TPSA) is 75.7 Å². The number of carbonyl (C=O) groups excluding carboxylic acids is 1. The molecule has 0 bridgehead atoms. The highest BCUT2D eigenvalue weighted by molar-refractivity contribution is 7.88. The summed E-state index contributed by atoms with van der Waals surface area (Å²) in [5.74, 6) is -1.16. The van der Waals surface area contributed by atoms with Crippen LogP contribution in [0.25, 0.3) is 0 Å². The van der Waals surface area contributed by atoms with Gasteiger partial charge >= 0.3 is 6.09 Å². The number of nitrogens with zero attached hydrogens (tertiary/aromatic N) is 1. The quantitative estimate of drug-likeness (QED) is 0.788. The van der Waals surface area contributed by atoms with E-state index in [9.17, 15) is 17.6 Å². The molecular weight excluding hydrogens is 395 g/mol. The maximum absolute atomic E-state index is 14.0. The minimum atomic E-state index is -3.80. The second-order valence-electron chi connectivity index (χ2n) is 7.60. The van der Waals surface area contributed by atoms with Gasteiger partial charge in [0.2, 0.25) is 10.0 Å². The van der Waals surface area contributed by atoms with Gasteiger partial charge in [0.05, 0.1) is 5.75 Å². The smallest absolute Gasteiger partial charge is 0.407 e. The zero-order valence-electron chi connectivity index (χ0n) is 15.8. The molecule has 1 fully saturated rings. The molecule has 2 rings (SSSR count). The number of carbonyl (C=O) groups is 1. The molecule has 1 amide bonds. The van der Waals surface area contributed by atoms with E-state index in [1.165, 1.54) is 22.5 Å². The summed E-state index contributed by atoms with van der Waals surface area (Å²) < 4.78 is 46.4. The number of benzene rings is 1. The molecule has 1 heterocycles. The molecule has 0 aromatic heterocycles. The predicted octanol–water partition coefficient (Wildman–Crippen LogP) is 3.69. The minimum Gasteiger partial charge on any atom is -0.444 e. The van der Waals surface area contributed by atoms with Crippen LogP contribution in [0.5, 0.6) is 0 Å². The Labute approximate surface area is 165 Å². The molecule has 1 aromatic carbocycles. The number of ether oxygens (including phenoxy) is 1. The van der Waals surface area contributed by atoms with E-state index in [0.717, 1.165) is 6.42 Å². The minimum absolute atomic E-state index is 0.0383. The van der Waals surface area contributed by atoms with Crippen LogP contribution in [0.3, 0.4) is 0 Å². The molecule has 1 atom stereocenters. The van der Waals surface area contributed by atoms with Crippen molar-refractivity contribution in [3.05, 3.63) is 34.6 Å². The summed E-state index contributed by atoms with van der Waals surface area (Å²) in [6, 6.07) is 3.69. The molecule has 1 N–H and O–H groups in total. The number of hydrogen-bond acceptors (Lipinski definition) is 4. The van der Waals surface area contributed by atoms with Crippen LogP contribution in [0.4, 0.5) is 9.18 Å². The summed E-state index contributed by atoms with van der Waals surface area (Å²) >= 11 is 5.98. The van der Waals surface area contributed by atoms with Crippen LogP contribution in [-0.2, 0) is 20.5 Å². The van der Waals surface area contributed by atoms with E-state index >= 15 is 0 Å². The van der Waals surface area contributed by atoms with Crippen molar-refractivity contribution in [2.24, 2.45) is 0 Å². The van der Waals surface area contributed by atoms with Gasteiger partial charge in [-0.2, -0.15) is 4.31 Å². The van der Waals surface area contributed by atoms with Crippen molar-refractivity contribution < 1.29 is 22.3 Å². The van der Waals surface area contributed by atoms with E-state index in [4.69, 9.17) is 16.3 Å². The number of alkyl carbamates (subject to hydrolysis) is 1.